The highest BCUT2D eigenvalue weighted by Gasteiger charge is 2.38. The SMILES string of the molecule is CC1=C[C@@H]2COc3c(oc4ccc(Cl)cc4c3=O)[C@@H]2S1. The van der Waals surface area contributed by atoms with E-state index in [1.807, 2.05) is 0 Å². The summed E-state index contributed by atoms with van der Waals surface area (Å²) < 4.78 is 11.6. The largest absolute Gasteiger partial charge is 0.486 e. The zero-order valence-electron chi connectivity index (χ0n) is 10.7. The van der Waals surface area contributed by atoms with Gasteiger partial charge in [0.2, 0.25) is 11.2 Å². The fraction of sp³-hybridized carbons (Fsp3) is 0.267. The summed E-state index contributed by atoms with van der Waals surface area (Å²) in [5.41, 5.74) is 0.430. The molecule has 4 rings (SSSR count). The number of benzene rings is 1. The molecule has 1 aromatic carbocycles. The molecule has 2 atom stereocenters. The molecule has 0 saturated heterocycles. The Morgan fingerprint density at radius 1 is 1.40 bits per heavy atom. The molecule has 0 radical (unpaired) electrons. The number of ether oxygens (including phenoxy) is 1. The molecule has 0 spiro atoms. The van der Waals surface area contributed by atoms with Gasteiger partial charge in [-0.15, -0.1) is 11.8 Å². The van der Waals surface area contributed by atoms with Crippen LogP contribution in [0.2, 0.25) is 5.02 Å². The summed E-state index contributed by atoms with van der Waals surface area (Å²) >= 11 is 7.68. The molecular formula is C15H11ClO3S. The van der Waals surface area contributed by atoms with Crippen molar-refractivity contribution in [3.8, 4) is 5.75 Å². The second kappa shape index (κ2) is 4.30. The first-order valence-electron chi connectivity index (χ1n) is 6.37. The second-order valence-corrected chi connectivity index (χ2v) is 6.88. The van der Waals surface area contributed by atoms with Gasteiger partial charge in [-0.3, -0.25) is 4.79 Å². The first-order valence-corrected chi connectivity index (χ1v) is 7.63. The van der Waals surface area contributed by atoms with Crippen molar-refractivity contribution in [2.75, 3.05) is 6.61 Å². The van der Waals surface area contributed by atoms with Gasteiger partial charge < -0.3 is 9.15 Å². The minimum atomic E-state index is -0.132. The van der Waals surface area contributed by atoms with Gasteiger partial charge in [-0.1, -0.05) is 17.7 Å². The van der Waals surface area contributed by atoms with Crippen molar-refractivity contribution >= 4 is 34.3 Å². The van der Waals surface area contributed by atoms with E-state index in [2.05, 4.69) is 13.0 Å². The molecule has 0 amide bonds. The predicted molar refractivity (Wildman–Crippen MR) is 80.6 cm³/mol. The van der Waals surface area contributed by atoms with Crippen molar-refractivity contribution in [3.63, 3.8) is 0 Å². The zero-order chi connectivity index (χ0) is 13.9. The van der Waals surface area contributed by atoms with Gasteiger partial charge in [0.15, 0.2) is 5.76 Å². The number of halogens is 1. The van der Waals surface area contributed by atoms with E-state index in [4.69, 9.17) is 20.8 Å². The monoisotopic (exact) mass is 306 g/mol. The van der Waals surface area contributed by atoms with E-state index in [0.717, 1.165) is 0 Å². The minimum absolute atomic E-state index is 0.132. The maximum atomic E-state index is 12.5. The van der Waals surface area contributed by atoms with Crippen molar-refractivity contribution < 1.29 is 9.15 Å². The lowest BCUT2D eigenvalue weighted by Gasteiger charge is -2.25. The Morgan fingerprint density at radius 2 is 2.25 bits per heavy atom. The van der Waals surface area contributed by atoms with E-state index >= 15 is 0 Å². The van der Waals surface area contributed by atoms with Crippen LogP contribution in [-0.4, -0.2) is 6.61 Å². The summed E-state index contributed by atoms with van der Waals surface area (Å²) in [4.78, 5) is 13.8. The van der Waals surface area contributed by atoms with Crippen molar-refractivity contribution in [1.82, 2.24) is 0 Å². The molecule has 0 unspecified atom stereocenters. The lowest BCUT2D eigenvalue weighted by Crippen LogP contribution is -2.25. The summed E-state index contributed by atoms with van der Waals surface area (Å²) in [7, 11) is 0. The average molecular weight is 307 g/mol. The van der Waals surface area contributed by atoms with Crippen LogP contribution < -0.4 is 10.2 Å². The van der Waals surface area contributed by atoms with Gasteiger partial charge in [0.05, 0.1) is 17.2 Å². The molecule has 0 N–H and O–H groups in total. The van der Waals surface area contributed by atoms with Crippen LogP contribution in [0.1, 0.15) is 17.9 Å². The van der Waals surface area contributed by atoms with Crippen LogP contribution in [0.15, 0.2) is 38.4 Å². The number of rotatable bonds is 0. The van der Waals surface area contributed by atoms with E-state index in [1.54, 1.807) is 30.0 Å². The van der Waals surface area contributed by atoms with Gasteiger partial charge in [-0.25, -0.2) is 0 Å². The fourth-order valence-corrected chi connectivity index (χ4v) is 4.19. The van der Waals surface area contributed by atoms with Crippen LogP contribution in [-0.2, 0) is 0 Å². The van der Waals surface area contributed by atoms with Crippen molar-refractivity contribution in [2.24, 2.45) is 5.92 Å². The van der Waals surface area contributed by atoms with Gasteiger partial charge in [-0.2, -0.15) is 0 Å². The van der Waals surface area contributed by atoms with E-state index in [9.17, 15) is 4.79 Å². The average Bonchev–Trinajstić information content (AvgIpc) is 2.80. The fourth-order valence-electron chi connectivity index (χ4n) is 2.77. The molecule has 1 aromatic heterocycles. The van der Waals surface area contributed by atoms with Crippen molar-refractivity contribution in [3.05, 3.63) is 50.2 Å². The van der Waals surface area contributed by atoms with Crippen LogP contribution in [0.3, 0.4) is 0 Å². The van der Waals surface area contributed by atoms with Crippen molar-refractivity contribution in [2.45, 2.75) is 12.2 Å². The molecule has 0 fully saturated rings. The number of hydrogen-bond donors (Lipinski definition) is 0. The Bertz CT molecular complexity index is 809. The van der Waals surface area contributed by atoms with Gasteiger partial charge in [0.25, 0.3) is 0 Å². The molecule has 20 heavy (non-hydrogen) atoms. The highest BCUT2D eigenvalue weighted by atomic mass is 35.5. The lowest BCUT2D eigenvalue weighted by atomic mass is 10.00. The number of hydrogen-bond acceptors (Lipinski definition) is 4. The third-order valence-corrected chi connectivity index (χ3v) is 5.23. The van der Waals surface area contributed by atoms with Gasteiger partial charge >= 0.3 is 0 Å². The summed E-state index contributed by atoms with van der Waals surface area (Å²) in [5, 5.41) is 1.14. The summed E-state index contributed by atoms with van der Waals surface area (Å²) in [6.07, 6.45) is 2.18. The molecule has 3 nitrogen and oxygen atoms in total. The maximum Gasteiger partial charge on any atom is 0.234 e. The van der Waals surface area contributed by atoms with Crippen LogP contribution >= 0.6 is 23.4 Å². The third kappa shape index (κ3) is 1.71. The van der Waals surface area contributed by atoms with Crippen LogP contribution in [0.25, 0.3) is 11.0 Å². The first-order chi connectivity index (χ1) is 9.63. The van der Waals surface area contributed by atoms with Crippen molar-refractivity contribution in [1.29, 1.82) is 0 Å². The van der Waals surface area contributed by atoms with E-state index in [0.29, 0.717) is 34.1 Å². The molecule has 3 heterocycles. The molecular weight excluding hydrogens is 296 g/mol. The van der Waals surface area contributed by atoms with Gasteiger partial charge in [0, 0.05) is 10.9 Å². The molecule has 102 valence electrons. The normalized spacial score (nSPS) is 24.0. The molecule has 2 aliphatic heterocycles. The van der Waals surface area contributed by atoms with Gasteiger partial charge in [0.1, 0.15) is 5.58 Å². The van der Waals surface area contributed by atoms with E-state index in [1.165, 1.54) is 4.91 Å². The van der Waals surface area contributed by atoms with Crippen LogP contribution in [0, 0.1) is 5.92 Å². The van der Waals surface area contributed by atoms with Crippen LogP contribution in [0.4, 0.5) is 0 Å². The minimum Gasteiger partial charge on any atom is -0.486 e. The number of thioether (sulfide) groups is 1. The Balaban J connectivity index is 1.98. The quantitative estimate of drug-likeness (QED) is 0.733. The summed E-state index contributed by atoms with van der Waals surface area (Å²) in [6.45, 7) is 2.60. The topological polar surface area (TPSA) is 39.4 Å². The highest BCUT2D eigenvalue weighted by Crippen LogP contribution is 2.51. The second-order valence-electron chi connectivity index (χ2n) is 5.06. The van der Waals surface area contributed by atoms with Crippen LogP contribution in [0.5, 0.6) is 5.75 Å². The molecule has 0 saturated carbocycles. The smallest absolute Gasteiger partial charge is 0.234 e. The van der Waals surface area contributed by atoms with Gasteiger partial charge in [-0.05, 0) is 30.0 Å². The van der Waals surface area contributed by atoms with E-state index < -0.39 is 0 Å². The number of allylic oxidation sites excluding steroid dienone is 1. The molecule has 5 heteroatoms. The molecule has 2 aliphatic rings. The Labute approximate surface area is 124 Å². The maximum absolute atomic E-state index is 12.5. The summed E-state index contributed by atoms with van der Waals surface area (Å²) in [6, 6.07) is 5.10. The lowest BCUT2D eigenvalue weighted by molar-refractivity contribution is 0.224. The standard InChI is InChI=1S/C15H11ClO3S/c1-7-4-8-6-18-13-12(17)10-5-9(16)2-3-11(10)19-14(13)15(8)20-7/h2-5,8,15H,6H2,1H3/t8-,15-/m1/s1. The predicted octanol–water partition coefficient (Wildman–Crippen LogP) is 4.15. The molecule has 2 aromatic rings. The first kappa shape index (κ1) is 12.4. The Kier molecular flexibility index (Phi) is 2.66. The Morgan fingerprint density at radius 3 is 3.10 bits per heavy atom. The molecule has 0 bridgehead atoms. The van der Waals surface area contributed by atoms with E-state index in [-0.39, 0.29) is 16.6 Å². The molecule has 0 aliphatic carbocycles. The number of fused-ring (bicyclic) bond motifs is 4. The highest BCUT2D eigenvalue weighted by molar-refractivity contribution is 8.03. The third-order valence-electron chi connectivity index (χ3n) is 3.67. The zero-order valence-corrected chi connectivity index (χ0v) is 12.3. The Hall–Kier alpha value is -1.39. The summed E-state index contributed by atoms with van der Waals surface area (Å²) in [5.74, 6) is 1.27.